The van der Waals surface area contributed by atoms with Gasteiger partial charge in [0.2, 0.25) is 10.0 Å². The van der Waals surface area contributed by atoms with E-state index in [9.17, 15) is 12.8 Å². The molecule has 0 unspecified atom stereocenters. The van der Waals surface area contributed by atoms with E-state index in [1.165, 1.54) is 29.5 Å². The average Bonchev–Trinajstić information content (AvgIpc) is 2.96. The molecular weight excluding hydrogens is 323 g/mol. The molecule has 1 aromatic heterocycles. The van der Waals surface area contributed by atoms with Gasteiger partial charge in [0.25, 0.3) is 0 Å². The van der Waals surface area contributed by atoms with Crippen molar-refractivity contribution >= 4 is 21.4 Å². The summed E-state index contributed by atoms with van der Waals surface area (Å²) in [6.07, 6.45) is 0. The van der Waals surface area contributed by atoms with Gasteiger partial charge in [-0.15, -0.1) is 11.3 Å². The van der Waals surface area contributed by atoms with E-state index < -0.39 is 10.0 Å². The number of benzene rings is 2. The summed E-state index contributed by atoms with van der Waals surface area (Å²) in [5, 5.41) is 7.50. The number of rotatable bonds is 3. The first-order valence-electron chi connectivity index (χ1n) is 6.29. The van der Waals surface area contributed by atoms with Crippen LogP contribution in [0.5, 0.6) is 0 Å². The Kier molecular flexibility index (Phi) is 3.78. The summed E-state index contributed by atoms with van der Waals surface area (Å²) in [6.45, 7) is 0. The van der Waals surface area contributed by atoms with Crippen LogP contribution in [0.1, 0.15) is 0 Å². The molecule has 0 saturated heterocycles. The van der Waals surface area contributed by atoms with Crippen LogP contribution in [0.4, 0.5) is 4.39 Å². The van der Waals surface area contributed by atoms with E-state index in [-0.39, 0.29) is 10.7 Å². The van der Waals surface area contributed by atoms with Gasteiger partial charge in [0.1, 0.15) is 10.8 Å². The second-order valence-corrected chi connectivity index (χ2v) is 7.01. The lowest BCUT2D eigenvalue weighted by Gasteiger charge is -2.00. The van der Waals surface area contributed by atoms with E-state index in [1.54, 1.807) is 35.7 Å². The largest absolute Gasteiger partial charge is 0.238 e. The van der Waals surface area contributed by atoms with Crippen LogP contribution in [-0.4, -0.2) is 13.4 Å². The van der Waals surface area contributed by atoms with Crippen molar-refractivity contribution in [3.05, 3.63) is 59.7 Å². The Hall–Kier alpha value is -2.09. The maximum Gasteiger partial charge on any atom is 0.238 e. The third kappa shape index (κ3) is 2.92. The minimum Gasteiger partial charge on any atom is -0.236 e. The molecule has 3 aromatic rings. The third-order valence-corrected chi connectivity index (χ3v) is 4.90. The fourth-order valence-electron chi connectivity index (χ4n) is 1.99. The molecule has 7 heteroatoms. The van der Waals surface area contributed by atoms with Crippen molar-refractivity contribution in [3.8, 4) is 21.8 Å². The second-order valence-electron chi connectivity index (χ2n) is 4.59. The summed E-state index contributed by atoms with van der Waals surface area (Å²) in [5.41, 5.74) is 1.74. The molecule has 0 aliphatic carbocycles. The SMILES string of the molecule is NS(=O)(=O)c1ccc(-c2nc(-c3ccccc3F)cs2)cc1. The standard InChI is InChI=1S/C15H11FN2O2S2/c16-13-4-2-1-3-12(13)14-9-21-15(18-14)10-5-7-11(8-6-10)22(17,19)20/h1-9H,(H2,17,19,20). The molecule has 0 radical (unpaired) electrons. The number of thiazole rings is 1. The maximum absolute atomic E-state index is 13.8. The molecule has 0 bridgehead atoms. The molecule has 0 aliphatic rings. The van der Waals surface area contributed by atoms with Crippen molar-refractivity contribution in [2.45, 2.75) is 4.90 Å². The summed E-state index contributed by atoms with van der Waals surface area (Å²) in [6, 6.07) is 12.5. The summed E-state index contributed by atoms with van der Waals surface area (Å²) in [4.78, 5) is 4.44. The Morgan fingerprint density at radius 1 is 1.05 bits per heavy atom. The van der Waals surface area contributed by atoms with E-state index >= 15 is 0 Å². The van der Waals surface area contributed by atoms with Crippen LogP contribution in [-0.2, 0) is 10.0 Å². The molecular formula is C15H11FN2O2S2. The van der Waals surface area contributed by atoms with Crippen molar-refractivity contribution in [2.75, 3.05) is 0 Å². The Labute approximate surface area is 131 Å². The van der Waals surface area contributed by atoms with Crippen LogP contribution in [0.15, 0.2) is 58.8 Å². The second kappa shape index (κ2) is 5.60. The zero-order valence-corrected chi connectivity index (χ0v) is 12.9. The molecule has 0 atom stereocenters. The number of halogens is 1. The van der Waals surface area contributed by atoms with Gasteiger partial charge in [-0.2, -0.15) is 0 Å². The van der Waals surface area contributed by atoms with Gasteiger partial charge in [-0.05, 0) is 24.3 Å². The van der Waals surface area contributed by atoms with Crippen LogP contribution >= 0.6 is 11.3 Å². The van der Waals surface area contributed by atoms with Gasteiger partial charge < -0.3 is 0 Å². The lowest BCUT2D eigenvalue weighted by Crippen LogP contribution is -2.11. The summed E-state index contributed by atoms with van der Waals surface area (Å²) in [7, 11) is -3.71. The van der Waals surface area contributed by atoms with E-state index in [0.29, 0.717) is 16.3 Å². The van der Waals surface area contributed by atoms with E-state index in [2.05, 4.69) is 4.98 Å². The van der Waals surface area contributed by atoms with Crippen LogP contribution in [0.3, 0.4) is 0 Å². The van der Waals surface area contributed by atoms with Gasteiger partial charge in [-0.3, -0.25) is 0 Å². The van der Waals surface area contributed by atoms with Gasteiger partial charge in [-0.1, -0.05) is 24.3 Å². The van der Waals surface area contributed by atoms with Gasteiger partial charge in [-0.25, -0.2) is 22.9 Å². The number of nitrogens with two attached hydrogens (primary N) is 1. The van der Waals surface area contributed by atoms with E-state index in [0.717, 1.165) is 5.56 Å². The fourth-order valence-corrected chi connectivity index (χ4v) is 3.33. The van der Waals surface area contributed by atoms with Gasteiger partial charge in [0, 0.05) is 16.5 Å². The van der Waals surface area contributed by atoms with Crippen molar-refractivity contribution in [1.29, 1.82) is 0 Å². The number of hydrogen-bond donors (Lipinski definition) is 1. The Morgan fingerprint density at radius 3 is 2.36 bits per heavy atom. The maximum atomic E-state index is 13.8. The monoisotopic (exact) mass is 334 g/mol. The number of primary sulfonamides is 1. The average molecular weight is 334 g/mol. The van der Waals surface area contributed by atoms with Crippen molar-refractivity contribution in [1.82, 2.24) is 4.98 Å². The minimum absolute atomic E-state index is 0.0436. The van der Waals surface area contributed by atoms with Crippen LogP contribution in [0, 0.1) is 5.82 Å². The van der Waals surface area contributed by atoms with Crippen LogP contribution in [0.2, 0.25) is 0 Å². The highest BCUT2D eigenvalue weighted by Gasteiger charge is 2.11. The highest BCUT2D eigenvalue weighted by Crippen LogP contribution is 2.30. The summed E-state index contributed by atoms with van der Waals surface area (Å²) < 4.78 is 36.2. The molecule has 2 N–H and O–H groups in total. The molecule has 0 aliphatic heterocycles. The molecule has 2 aromatic carbocycles. The summed E-state index contributed by atoms with van der Waals surface area (Å²) in [5.74, 6) is -0.330. The number of sulfonamides is 1. The third-order valence-electron chi connectivity index (χ3n) is 3.08. The van der Waals surface area contributed by atoms with Crippen LogP contribution < -0.4 is 5.14 Å². The molecule has 4 nitrogen and oxygen atoms in total. The predicted molar refractivity (Wildman–Crippen MR) is 84.3 cm³/mol. The van der Waals surface area contributed by atoms with E-state index in [4.69, 9.17) is 5.14 Å². The quantitative estimate of drug-likeness (QED) is 0.799. The first-order valence-corrected chi connectivity index (χ1v) is 8.71. The molecule has 0 spiro atoms. The number of aromatic nitrogens is 1. The highest BCUT2D eigenvalue weighted by atomic mass is 32.2. The Balaban J connectivity index is 1.96. The van der Waals surface area contributed by atoms with Gasteiger partial charge in [0.05, 0.1) is 10.6 Å². The zero-order chi connectivity index (χ0) is 15.7. The van der Waals surface area contributed by atoms with E-state index in [1.807, 2.05) is 0 Å². The molecule has 0 amide bonds. The Morgan fingerprint density at radius 2 is 1.73 bits per heavy atom. The first kappa shape index (κ1) is 14.8. The van der Waals surface area contributed by atoms with Crippen molar-refractivity contribution < 1.29 is 12.8 Å². The highest BCUT2D eigenvalue weighted by molar-refractivity contribution is 7.89. The molecule has 1 heterocycles. The molecule has 112 valence electrons. The normalized spacial score (nSPS) is 11.5. The zero-order valence-electron chi connectivity index (χ0n) is 11.2. The number of hydrogen-bond acceptors (Lipinski definition) is 4. The lowest BCUT2D eigenvalue weighted by atomic mass is 10.1. The smallest absolute Gasteiger partial charge is 0.236 e. The van der Waals surface area contributed by atoms with Gasteiger partial charge >= 0.3 is 0 Å². The summed E-state index contributed by atoms with van der Waals surface area (Å²) >= 11 is 1.36. The topological polar surface area (TPSA) is 73.1 Å². The number of nitrogens with zero attached hydrogens (tertiary/aromatic N) is 1. The molecule has 0 fully saturated rings. The van der Waals surface area contributed by atoms with Crippen LogP contribution in [0.25, 0.3) is 21.8 Å². The molecule has 0 saturated carbocycles. The predicted octanol–water partition coefficient (Wildman–Crippen LogP) is 3.26. The van der Waals surface area contributed by atoms with Crippen molar-refractivity contribution in [3.63, 3.8) is 0 Å². The lowest BCUT2D eigenvalue weighted by molar-refractivity contribution is 0.598. The van der Waals surface area contributed by atoms with Gasteiger partial charge in [0.15, 0.2) is 0 Å². The Bertz CT molecular complexity index is 919. The molecule has 3 rings (SSSR count). The molecule has 22 heavy (non-hydrogen) atoms. The fraction of sp³-hybridized carbons (Fsp3) is 0. The minimum atomic E-state index is -3.71. The first-order chi connectivity index (χ1) is 10.4. The van der Waals surface area contributed by atoms with Crippen molar-refractivity contribution in [2.24, 2.45) is 5.14 Å².